The first-order chi connectivity index (χ1) is 4.74. The summed E-state index contributed by atoms with van der Waals surface area (Å²) >= 11 is 0. The Morgan fingerprint density at radius 2 is 2.50 bits per heavy atom. The van der Waals surface area contributed by atoms with Crippen LogP contribution in [0.5, 0.6) is 0 Å². The van der Waals surface area contributed by atoms with Crippen LogP contribution in [0.4, 0.5) is 0 Å². The molecule has 0 N–H and O–H groups in total. The largest absolute Gasteiger partial charge is 0.288 e. The number of rotatable bonds is 1. The van der Waals surface area contributed by atoms with E-state index in [4.69, 9.17) is 0 Å². The maximum absolute atomic E-state index is 10.7. The quantitative estimate of drug-likeness (QED) is 0.561. The maximum Gasteiger partial charge on any atom is 0.200 e. The van der Waals surface area contributed by atoms with E-state index in [2.05, 4.69) is 11.7 Å². The van der Waals surface area contributed by atoms with Crippen molar-refractivity contribution in [3.05, 3.63) is 34.8 Å². The fourth-order valence-electron chi connectivity index (χ4n) is 0.678. The van der Waals surface area contributed by atoms with Gasteiger partial charge in [0.2, 0.25) is 5.43 Å². The predicted octanol–water partition coefficient (Wildman–Crippen LogP) is 0.423. The highest BCUT2D eigenvalue weighted by molar-refractivity contribution is 5.40. The van der Waals surface area contributed by atoms with Gasteiger partial charge in [0.25, 0.3) is 0 Å². The zero-order valence-corrected chi connectivity index (χ0v) is 5.74. The summed E-state index contributed by atoms with van der Waals surface area (Å²) in [6, 6.07) is 1.49. The van der Waals surface area contributed by atoms with Crippen molar-refractivity contribution in [2.24, 2.45) is 7.05 Å². The highest BCUT2D eigenvalue weighted by atomic mass is 16.1. The molecule has 0 unspecified atom stereocenters. The van der Waals surface area contributed by atoms with E-state index in [1.54, 1.807) is 17.8 Å². The van der Waals surface area contributed by atoms with Crippen LogP contribution < -0.4 is 5.43 Å². The van der Waals surface area contributed by atoms with Gasteiger partial charge in [0.15, 0.2) is 0 Å². The molecule has 0 bridgehead atoms. The van der Waals surface area contributed by atoms with Gasteiger partial charge in [-0.15, -0.1) is 0 Å². The van der Waals surface area contributed by atoms with Crippen molar-refractivity contribution in [3.8, 4) is 0 Å². The molecule has 3 heteroatoms. The molecule has 0 atom stereocenters. The summed E-state index contributed by atoms with van der Waals surface area (Å²) in [6.45, 7) is 3.53. The molecule has 0 radical (unpaired) electrons. The van der Waals surface area contributed by atoms with Crippen molar-refractivity contribution in [3.63, 3.8) is 0 Å². The van der Waals surface area contributed by atoms with E-state index in [0.29, 0.717) is 0 Å². The summed E-state index contributed by atoms with van der Waals surface area (Å²) in [6.07, 6.45) is 2.86. The lowest BCUT2D eigenvalue weighted by Crippen LogP contribution is -2.08. The minimum absolute atomic E-state index is 0.0898. The number of aryl methyl sites for hydroxylation is 1. The second-order valence-corrected chi connectivity index (χ2v) is 1.94. The number of hydrogen-bond acceptors (Lipinski definition) is 2. The van der Waals surface area contributed by atoms with Crippen molar-refractivity contribution in [1.29, 1.82) is 0 Å². The van der Waals surface area contributed by atoms with Gasteiger partial charge in [-0.3, -0.25) is 9.48 Å². The van der Waals surface area contributed by atoms with Gasteiger partial charge in [0, 0.05) is 13.1 Å². The van der Waals surface area contributed by atoms with Crippen molar-refractivity contribution < 1.29 is 0 Å². The summed E-state index contributed by atoms with van der Waals surface area (Å²) in [5.74, 6) is 0. The Balaban J connectivity index is 3.35. The Bertz CT molecular complexity index is 301. The summed E-state index contributed by atoms with van der Waals surface area (Å²) < 4.78 is 1.59. The Morgan fingerprint density at radius 1 is 1.80 bits per heavy atom. The smallest absolute Gasteiger partial charge is 0.200 e. The molecule has 3 nitrogen and oxygen atoms in total. The van der Waals surface area contributed by atoms with Crippen molar-refractivity contribution in [1.82, 2.24) is 9.78 Å². The lowest BCUT2D eigenvalue weighted by Gasteiger charge is -1.98. The van der Waals surface area contributed by atoms with Crippen LogP contribution in [0, 0.1) is 0 Å². The van der Waals surface area contributed by atoms with E-state index < -0.39 is 0 Å². The fraction of sp³-hybridized carbons (Fsp3) is 0.143. The van der Waals surface area contributed by atoms with Crippen LogP contribution in [0.3, 0.4) is 0 Å². The number of aromatic nitrogens is 2. The first kappa shape index (κ1) is 6.74. The molecule has 1 heterocycles. The first-order valence-electron chi connectivity index (χ1n) is 2.90. The van der Waals surface area contributed by atoms with Crippen LogP contribution in [0.25, 0.3) is 6.08 Å². The Hall–Kier alpha value is -1.38. The van der Waals surface area contributed by atoms with E-state index in [-0.39, 0.29) is 5.43 Å². The third kappa shape index (κ3) is 1.13. The average Bonchev–Trinajstić information content (AvgIpc) is 1.94. The number of hydrogen-bond donors (Lipinski definition) is 0. The van der Waals surface area contributed by atoms with Crippen LogP contribution in [0.1, 0.15) is 5.69 Å². The van der Waals surface area contributed by atoms with E-state index in [0.717, 1.165) is 5.69 Å². The van der Waals surface area contributed by atoms with Gasteiger partial charge in [0.1, 0.15) is 0 Å². The Kier molecular flexibility index (Phi) is 1.67. The highest BCUT2D eigenvalue weighted by Crippen LogP contribution is 1.90. The molecule has 0 fully saturated rings. The molecular formula is C7H8N2O. The zero-order valence-electron chi connectivity index (χ0n) is 5.74. The molecule has 1 rings (SSSR count). The lowest BCUT2D eigenvalue weighted by molar-refractivity contribution is 0.725. The van der Waals surface area contributed by atoms with E-state index in [1.807, 2.05) is 0 Å². The average molecular weight is 136 g/mol. The molecule has 1 aromatic rings. The molecule has 0 saturated carbocycles. The van der Waals surface area contributed by atoms with Crippen LogP contribution in [-0.2, 0) is 7.05 Å². The zero-order chi connectivity index (χ0) is 7.56. The molecule has 0 aliphatic heterocycles. The van der Waals surface area contributed by atoms with E-state index >= 15 is 0 Å². The van der Waals surface area contributed by atoms with Gasteiger partial charge in [-0.2, -0.15) is 5.10 Å². The number of nitrogens with zero attached hydrogens (tertiary/aromatic N) is 2. The first-order valence-corrected chi connectivity index (χ1v) is 2.90. The second-order valence-electron chi connectivity index (χ2n) is 1.94. The minimum atomic E-state index is -0.0898. The Labute approximate surface area is 58.6 Å². The van der Waals surface area contributed by atoms with Gasteiger partial charge < -0.3 is 0 Å². The van der Waals surface area contributed by atoms with Gasteiger partial charge >= 0.3 is 0 Å². The summed E-state index contributed by atoms with van der Waals surface area (Å²) in [5, 5.41) is 3.78. The SMILES string of the molecule is C=Cc1cc(=O)cnn1C. The molecule has 10 heavy (non-hydrogen) atoms. The molecule has 0 aliphatic carbocycles. The lowest BCUT2D eigenvalue weighted by atomic mass is 10.4. The molecule has 1 aromatic heterocycles. The van der Waals surface area contributed by atoms with Crippen molar-refractivity contribution in [2.75, 3.05) is 0 Å². The maximum atomic E-state index is 10.7. The van der Waals surface area contributed by atoms with Gasteiger partial charge in [0.05, 0.1) is 11.9 Å². The normalized spacial score (nSPS) is 9.30. The van der Waals surface area contributed by atoms with Gasteiger partial charge in [-0.05, 0) is 6.08 Å². The minimum Gasteiger partial charge on any atom is -0.288 e. The highest BCUT2D eigenvalue weighted by Gasteiger charge is 1.90. The molecule has 0 spiro atoms. The van der Waals surface area contributed by atoms with Crippen LogP contribution in [-0.4, -0.2) is 9.78 Å². The van der Waals surface area contributed by atoms with Crippen LogP contribution in [0.15, 0.2) is 23.6 Å². The topological polar surface area (TPSA) is 34.9 Å². The molecule has 0 aromatic carbocycles. The van der Waals surface area contributed by atoms with Crippen molar-refractivity contribution in [2.45, 2.75) is 0 Å². The standard InChI is InChI=1S/C7H8N2O/c1-3-6-4-7(10)5-8-9(6)2/h3-5H,1H2,2H3. The molecule has 0 amide bonds. The van der Waals surface area contributed by atoms with E-state index in [1.165, 1.54) is 12.3 Å². The van der Waals surface area contributed by atoms with Crippen LogP contribution >= 0.6 is 0 Å². The van der Waals surface area contributed by atoms with Crippen LogP contribution in [0.2, 0.25) is 0 Å². The van der Waals surface area contributed by atoms with E-state index in [9.17, 15) is 4.79 Å². The molecule has 0 saturated heterocycles. The summed E-state index contributed by atoms with van der Waals surface area (Å²) in [4.78, 5) is 10.7. The third-order valence-electron chi connectivity index (χ3n) is 1.23. The second kappa shape index (κ2) is 2.47. The van der Waals surface area contributed by atoms with Gasteiger partial charge in [-0.25, -0.2) is 0 Å². The third-order valence-corrected chi connectivity index (χ3v) is 1.23. The predicted molar refractivity (Wildman–Crippen MR) is 39.6 cm³/mol. The summed E-state index contributed by atoms with van der Waals surface area (Å²) in [7, 11) is 1.76. The van der Waals surface area contributed by atoms with Gasteiger partial charge in [-0.1, -0.05) is 6.58 Å². The summed E-state index contributed by atoms with van der Waals surface area (Å²) in [5.41, 5.74) is 0.639. The fourth-order valence-corrected chi connectivity index (χ4v) is 0.678. The molecule has 0 aliphatic rings. The monoisotopic (exact) mass is 136 g/mol. The van der Waals surface area contributed by atoms with Crippen molar-refractivity contribution >= 4 is 6.08 Å². The molecular weight excluding hydrogens is 128 g/mol. The molecule has 52 valence electrons. The Morgan fingerprint density at radius 3 is 3.00 bits per heavy atom.